The lowest BCUT2D eigenvalue weighted by Crippen LogP contribution is -2.36. The topological polar surface area (TPSA) is 15.3 Å². The summed E-state index contributed by atoms with van der Waals surface area (Å²) >= 11 is 0. The van der Waals surface area contributed by atoms with Gasteiger partial charge in [0.1, 0.15) is 0 Å². The summed E-state index contributed by atoms with van der Waals surface area (Å²) in [6, 6.07) is 0.691. The lowest BCUT2D eigenvalue weighted by atomic mass is 9.87. The minimum atomic E-state index is 0.500. The average Bonchev–Trinajstić information content (AvgIpc) is 2.07. The zero-order valence-corrected chi connectivity index (χ0v) is 8.85. The number of nitrogens with one attached hydrogen (secondary N) is 1. The fourth-order valence-electron chi connectivity index (χ4n) is 2.14. The second kappa shape index (κ2) is 3.75. The van der Waals surface area contributed by atoms with E-state index < -0.39 is 0 Å². The molecule has 2 heteroatoms. The van der Waals surface area contributed by atoms with Gasteiger partial charge in [-0.3, -0.25) is 0 Å². The molecule has 1 unspecified atom stereocenters. The van der Waals surface area contributed by atoms with E-state index in [1.165, 1.54) is 25.9 Å². The van der Waals surface area contributed by atoms with Crippen molar-refractivity contribution >= 4 is 0 Å². The van der Waals surface area contributed by atoms with Crippen LogP contribution in [0.4, 0.5) is 0 Å². The number of rotatable bonds is 1. The Bertz CT molecular complexity index is 143. The van der Waals surface area contributed by atoms with Crippen LogP contribution < -0.4 is 5.32 Å². The predicted molar refractivity (Wildman–Crippen MR) is 53.4 cm³/mol. The highest BCUT2D eigenvalue weighted by molar-refractivity contribution is 4.82. The van der Waals surface area contributed by atoms with Gasteiger partial charge in [0.15, 0.2) is 0 Å². The Morgan fingerprint density at radius 1 is 1.42 bits per heavy atom. The molecule has 0 radical (unpaired) electrons. The number of likely N-dealkylation sites (tertiary alicyclic amines) is 1. The molecule has 1 aliphatic heterocycles. The first kappa shape index (κ1) is 10.0. The van der Waals surface area contributed by atoms with Crippen LogP contribution in [0.5, 0.6) is 0 Å². The molecular formula is C10H22N2. The first-order valence-electron chi connectivity index (χ1n) is 4.89. The fraction of sp³-hybridized carbons (Fsp3) is 1.00. The number of hydrogen-bond acceptors (Lipinski definition) is 2. The molecule has 1 aliphatic rings. The third-order valence-corrected chi connectivity index (χ3v) is 2.81. The van der Waals surface area contributed by atoms with E-state index in [2.05, 4.69) is 38.2 Å². The lowest BCUT2D eigenvalue weighted by molar-refractivity contribution is 0.225. The van der Waals surface area contributed by atoms with Gasteiger partial charge in [0.2, 0.25) is 0 Å². The van der Waals surface area contributed by atoms with Crippen molar-refractivity contribution in [3.05, 3.63) is 0 Å². The van der Waals surface area contributed by atoms with Crippen LogP contribution in [0.2, 0.25) is 0 Å². The third kappa shape index (κ3) is 2.76. The second-order valence-electron chi connectivity index (χ2n) is 4.89. The zero-order valence-electron chi connectivity index (χ0n) is 8.85. The molecule has 1 heterocycles. The fourth-order valence-corrected chi connectivity index (χ4v) is 2.14. The molecule has 2 nitrogen and oxygen atoms in total. The van der Waals surface area contributed by atoms with Gasteiger partial charge in [-0.15, -0.1) is 0 Å². The molecule has 12 heavy (non-hydrogen) atoms. The Labute approximate surface area is 76.3 Å². The second-order valence-corrected chi connectivity index (χ2v) is 4.89. The van der Waals surface area contributed by atoms with E-state index in [1.54, 1.807) is 0 Å². The predicted octanol–water partition coefficient (Wildman–Crippen LogP) is 1.33. The molecule has 0 aromatic heterocycles. The first-order valence-corrected chi connectivity index (χ1v) is 4.89. The van der Waals surface area contributed by atoms with E-state index in [4.69, 9.17) is 0 Å². The number of likely N-dealkylation sites (N-methyl/N-ethyl adjacent to an activating group) is 2. The molecule has 0 amide bonds. The molecular weight excluding hydrogens is 148 g/mol. The van der Waals surface area contributed by atoms with E-state index in [-0.39, 0.29) is 0 Å². The quantitative estimate of drug-likeness (QED) is 0.638. The summed E-state index contributed by atoms with van der Waals surface area (Å²) in [6.07, 6.45) is 2.65. The van der Waals surface area contributed by atoms with Crippen LogP contribution in [0, 0.1) is 5.41 Å². The highest BCUT2D eigenvalue weighted by Gasteiger charge is 2.26. The van der Waals surface area contributed by atoms with E-state index in [0.29, 0.717) is 11.5 Å². The monoisotopic (exact) mass is 170 g/mol. The van der Waals surface area contributed by atoms with Crippen molar-refractivity contribution in [1.82, 2.24) is 10.2 Å². The smallest absolute Gasteiger partial charge is 0.0192 e. The summed E-state index contributed by atoms with van der Waals surface area (Å²) in [6.45, 7) is 7.15. The Balaban J connectivity index is 2.53. The summed E-state index contributed by atoms with van der Waals surface area (Å²) < 4.78 is 0. The lowest BCUT2D eigenvalue weighted by Gasteiger charge is -2.26. The zero-order chi connectivity index (χ0) is 9.19. The maximum absolute atomic E-state index is 3.37. The SMILES string of the molecule is CNC1CCC(C)(C)CN(C)C1. The Kier molecular flexibility index (Phi) is 3.13. The van der Waals surface area contributed by atoms with Crippen molar-refractivity contribution in [3.8, 4) is 0 Å². The molecule has 1 saturated heterocycles. The van der Waals surface area contributed by atoms with Gasteiger partial charge in [0, 0.05) is 19.1 Å². The van der Waals surface area contributed by atoms with Crippen molar-refractivity contribution in [2.45, 2.75) is 32.7 Å². The van der Waals surface area contributed by atoms with E-state index in [1.807, 2.05) is 0 Å². The minimum absolute atomic E-state index is 0.500. The van der Waals surface area contributed by atoms with Crippen LogP contribution in [-0.2, 0) is 0 Å². The third-order valence-electron chi connectivity index (χ3n) is 2.81. The molecule has 0 saturated carbocycles. The Hall–Kier alpha value is -0.0800. The molecule has 1 N–H and O–H groups in total. The van der Waals surface area contributed by atoms with Crippen molar-refractivity contribution < 1.29 is 0 Å². The van der Waals surface area contributed by atoms with E-state index >= 15 is 0 Å². The van der Waals surface area contributed by atoms with Crippen LogP contribution in [-0.4, -0.2) is 38.1 Å². The van der Waals surface area contributed by atoms with Gasteiger partial charge in [-0.2, -0.15) is 0 Å². The van der Waals surface area contributed by atoms with Crippen molar-refractivity contribution in [3.63, 3.8) is 0 Å². The van der Waals surface area contributed by atoms with Crippen LogP contribution in [0.1, 0.15) is 26.7 Å². The molecule has 1 fully saturated rings. The van der Waals surface area contributed by atoms with E-state index in [0.717, 1.165) is 0 Å². The summed E-state index contributed by atoms with van der Waals surface area (Å²) in [5.41, 5.74) is 0.500. The summed E-state index contributed by atoms with van der Waals surface area (Å²) in [7, 11) is 4.29. The summed E-state index contributed by atoms with van der Waals surface area (Å²) in [5.74, 6) is 0. The number of hydrogen-bond donors (Lipinski definition) is 1. The maximum atomic E-state index is 3.37. The Morgan fingerprint density at radius 3 is 2.67 bits per heavy atom. The highest BCUT2D eigenvalue weighted by atomic mass is 15.1. The molecule has 0 aromatic rings. The van der Waals surface area contributed by atoms with Gasteiger partial charge in [0.25, 0.3) is 0 Å². The van der Waals surface area contributed by atoms with Gasteiger partial charge in [-0.1, -0.05) is 13.8 Å². The van der Waals surface area contributed by atoms with E-state index in [9.17, 15) is 0 Å². The normalized spacial score (nSPS) is 31.5. The molecule has 0 aliphatic carbocycles. The van der Waals surface area contributed by atoms with Gasteiger partial charge in [-0.05, 0) is 32.4 Å². The van der Waals surface area contributed by atoms with Gasteiger partial charge in [0.05, 0.1) is 0 Å². The molecule has 0 aromatic carbocycles. The van der Waals surface area contributed by atoms with Crippen molar-refractivity contribution in [1.29, 1.82) is 0 Å². The van der Waals surface area contributed by atoms with Crippen molar-refractivity contribution in [2.24, 2.45) is 5.41 Å². The molecule has 72 valence electrons. The number of nitrogens with zero attached hydrogens (tertiary/aromatic N) is 1. The van der Waals surface area contributed by atoms with Crippen molar-refractivity contribution in [2.75, 3.05) is 27.2 Å². The highest BCUT2D eigenvalue weighted by Crippen LogP contribution is 2.27. The molecule has 1 atom stereocenters. The van der Waals surface area contributed by atoms with Crippen LogP contribution >= 0.6 is 0 Å². The van der Waals surface area contributed by atoms with Crippen LogP contribution in [0.3, 0.4) is 0 Å². The maximum Gasteiger partial charge on any atom is 0.0192 e. The molecule has 0 bridgehead atoms. The first-order chi connectivity index (χ1) is 5.53. The average molecular weight is 170 g/mol. The molecule has 1 rings (SSSR count). The van der Waals surface area contributed by atoms with Crippen LogP contribution in [0.15, 0.2) is 0 Å². The van der Waals surface area contributed by atoms with Gasteiger partial charge in [-0.25, -0.2) is 0 Å². The summed E-state index contributed by atoms with van der Waals surface area (Å²) in [5, 5.41) is 3.37. The largest absolute Gasteiger partial charge is 0.316 e. The minimum Gasteiger partial charge on any atom is -0.316 e. The van der Waals surface area contributed by atoms with Crippen LogP contribution in [0.25, 0.3) is 0 Å². The van der Waals surface area contributed by atoms with Gasteiger partial charge < -0.3 is 10.2 Å². The molecule has 0 spiro atoms. The standard InChI is InChI=1S/C10H22N2/c1-10(2)6-5-9(11-3)7-12(4)8-10/h9,11H,5-8H2,1-4H3. The Morgan fingerprint density at radius 2 is 2.08 bits per heavy atom. The van der Waals surface area contributed by atoms with Gasteiger partial charge >= 0.3 is 0 Å². The summed E-state index contributed by atoms with van der Waals surface area (Å²) in [4.78, 5) is 2.44.